The number of para-hydroxylation sites is 2. The molecule has 2 aromatic carbocycles. The molecule has 0 spiro atoms. The van der Waals surface area contributed by atoms with Gasteiger partial charge in [0.25, 0.3) is 5.69 Å². The summed E-state index contributed by atoms with van der Waals surface area (Å²) in [6.45, 7) is 4.83. The Morgan fingerprint density at radius 3 is 2.12 bits per heavy atom. The van der Waals surface area contributed by atoms with Gasteiger partial charge < -0.3 is 14.9 Å². The van der Waals surface area contributed by atoms with Crippen molar-refractivity contribution in [1.29, 1.82) is 0 Å². The van der Waals surface area contributed by atoms with Gasteiger partial charge in [0.05, 0.1) is 11.5 Å². The molecule has 2 N–H and O–H groups in total. The zero-order valence-electron chi connectivity index (χ0n) is 18.4. The minimum absolute atomic E-state index is 0.254. The van der Waals surface area contributed by atoms with E-state index in [1.165, 1.54) is 28.6 Å². The Kier molecular flexibility index (Phi) is 9.47. The molecule has 2 aromatic rings. The zero-order valence-corrected chi connectivity index (χ0v) is 19.2. The molecule has 1 aliphatic rings. The zero-order chi connectivity index (χ0) is 25.3. The van der Waals surface area contributed by atoms with Crippen LogP contribution in [0.1, 0.15) is 12.5 Å². The highest BCUT2D eigenvalue weighted by atomic mass is 32.2. The first-order valence-electron chi connectivity index (χ1n) is 10.2. The van der Waals surface area contributed by atoms with Crippen LogP contribution in [-0.2, 0) is 26.2 Å². The molecule has 0 atom stereocenters. The van der Waals surface area contributed by atoms with Crippen LogP contribution in [0.5, 0.6) is 5.75 Å². The van der Waals surface area contributed by atoms with E-state index < -0.39 is 32.6 Å². The number of nitro groups is 1. The number of aliphatic carboxylic acids is 2. The normalized spacial score (nSPS) is 14.5. The van der Waals surface area contributed by atoms with Gasteiger partial charge in [-0.05, 0) is 19.1 Å². The molecular weight excluding hydrogens is 470 g/mol. The molecule has 1 aliphatic heterocycles. The number of hydrogen-bond donors (Lipinski definition) is 2. The number of sulfonamides is 1. The first-order chi connectivity index (χ1) is 16.1. The summed E-state index contributed by atoms with van der Waals surface area (Å²) in [7, 11) is -3.91. The van der Waals surface area contributed by atoms with E-state index in [9.17, 15) is 18.5 Å². The molecule has 13 heteroatoms. The highest BCUT2D eigenvalue weighted by Gasteiger charge is 2.33. The lowest BCUT2D eigenvalue weighted by atomic mass is 10.2. The number of nitro benzene ring substituents is 1. The van der Waals surface area contributed by atoms with Crippen LogP contribution in [0.15, 0.2) is 53.4 Å². The minimum atomic E-state index is -3.91. The summed E-state index contributed by atoms with van der Waals surface area (Å²) in [6, 6.07) is 13.3. The van der Waals surface area contributed by atoms with Crippen molar-refractivity contribution in [3.63, 3.8) is 0 Å². The second-order valence-electron chi connectivity index (χ2n) is 7.06. The van der Waals surface area contributed by atoms with Crippen LogP contribution in [0, 0.1) is 10.1 Å². The van der Waals surface area contributed by atoms with Gasteiger partial charge in [-0.25, -0.2) is 18.0 Å². The number of nitrogens with zero attached hydrogens (tertiary/aromatic N) is 3. The lowest BCUT2D eigenvalue weighted by molar-refractivity contribution is -0.387. The first-order valence-corrected chi connectivity index (χ1v) is 11.6. The van der Waals surface area contributed by atoms with Crippen molar-refractivity contribution in [1.82, 2.24) is 9.21 Å². The Morgan fingerprint density at radius 1 is 1.00 bits per heavy atom. The number of hydrogen-bond acceptors (Lipinski definition) is 8. The highest BCUT2D eigenvalue weighted by Crippen LogP contribution is 2.27. The molecule has 0 radical (unpaired) electrons. The van der Waals surface area contributed by atoms with Gasteiger partial charge in [0.15, 0.2) is 4.90 Å². The van der Waals surface area contributed by atoms with Gasteiger partial charge in [-0.15, -0.1) is 0 Å². The predicted molar refractivity (Wildman–Crippen MR) is 120 cm³/mol. The summed E-state index contributed by atoms with van der Waals surface area (Å²) >= 11 is 0. The molecule has 0 aliphatic carbocycles. The van der Waals surface area contributed by atoms with Crippen molar-refractivity contribution in [2.75, 3.05) is 32.8 Å². The number of piperazine rings is 1. The van der Waals surface area contributed by atoms with E-state index in [-0.39, 0.29) is 18.0 Å². The van der Waals surface area contributed by atoms with E-state index in [0.717, 1.165) is 11.3 Å². The van der Waals surface area contributed by atoms with Gasteiger partial charge in [0, 0.05) is 44.4 Å². The molecule has 1 heterocycles. The molecule has 3 rings (SSSR count). The Labute approximate surface area is 196 Å². The van der Waals surface area contributed by atoms with Gasteiger partial charge in [-0.1, -0.05) is 30.3 Å². The number of rotatable bonds is 7. The maximum atomic E-state index is 12.9. The molecule has 12 nitrogen and oxygen atoms in total. The molecule has 1 saturated heterocycles. The van der Waals surface area contributed by atoms with E-state index in [1.807, 2.05) is 31.2 Å². The predicted octanol–water partition coefficient (Wildman–Crippen LogP) is 1.66. The molecule has 0 unspecified atom stereocenters. The number of carboxylic acid groups (broad SMARTS) is 2. The van der Waals surface area contributed by atoms with E-state index >= 15 is 0 Å². The van der Waals surface area contributed by atoms with Crippen LogP contribution in [0.2, 0.25) is 0 Å². The third kappa shape index (κ3) is 6.97. The Morgan fingerprint density at radius 2 is 1.56 bits per heavy atom. The number of carboxylic acids is 2. The van der Waals surface area contributed by atoms with Gasteiger partial charge >= 0.3 is 11.9 Å². The lowest BCUT2D eigenvalue weighted by Gasteiger charge is -2.34. The fourth-order valence-electron chi connectivity index (χ4n) is 3.26. The second-order valence-corrected chi connectivity index (χ2v) is 8.96. The van der Waals surface area contributed by atoms with Gasteiger partial charge in [0.2, 0.25) is 10.0 Å². The van der Waals surface area contributed by atoms with E-state index in [4.69, 9.17) is 24.5 Å². The van der Waals surface area contributed by atoms with Crippen molar-refractivity contribution in [3.05, 3.63) is 64.2 Å². The molecule has 0 saturated carbocycles. The average Bonchev–Trinajstić information content (AvgIpc) is 2.81. The maximum Gasteiger partial charge on any atom is 0.414 e. The third-order valence-corrected chi connectivity index (χ3v) is 6.81. The Hall–Kier alpha value is -3.55. The summed E-state index contributed by atoms with van der Waals surface area (Å²) in [6.07, 6.45) is 0. The van der Waals surface area contributed by atoms with Crippen molar-refractivity contribution in [2.45, 2.75) is 18.4 Å². The van der Waals surface area contributed by atoms with Crippen LogP contribution in [0.4, 0.5) is 5.69 Å². The molecule has 0 bridgehead atoms. The van der Waals surface area contributed by atoms with Gasteiger partial charge in [-0.2, -0.15) is 4.31 Å². The standard InChI is InChI=1S/C19H23N3O5S.C2H2O4/c1-2-27-18-9-5-3-7-16(18)15-20-11-13-21(14-12-20)28(25,26)19-10-6-4-8-17(19)22(23)24;3-1(4)2(5)6/h3-10H,2,11-15H2,1H3;(H,3,4)(H,5,6). The fourth-order valence-corrected chi connectivity index (χ4v) is 4.84. The lowest BCUT2D eigenvalue weighted by Crippen LogP contribution is -2.48. The van der Waals surface area contributed by atoms with Crippen molar-refractivity contribution < 1.29 is 37.9 Å². The Balaban J connectivity index is 0.000000604. The average molecular weight is 496 g/mol. The van der Waals surface area contributed by atoms with Crippen LogP contribution in [0.25, 0.3) is 0 Å². The summed E-state index contributed by atoms with van der Waals surface area (Å²) in [4.78, 5) is 30.6. The minimum Gasteiger partial charge on any atom is -0.494 e. The summed E-state index contributed by atoms with van der Waals surface area (Å²) < 4.78 is 32.8. The smallest absolute Gasteiger partial charge is 0.414 e. The topological polar surface area (TPSA) is 168 Å². The van der Waals surface area contributed by atoms with E-state index in [2.05, 4.69) is 4.90 Å². The molecule has 184 valence electrons. The second kappa shape index (κ2) is 12.1. The SMILES string of the molecule is CCOc1ccccc1CN1CCN(S(=O)(=O)c2ccccc2[N+](=O)[O-])CC1.O=C(O)C(=O)O. The van der Waals surface area contributed by atoms with Crippen molar-refractivity contribution in [3.8, 4) is 5.75 Å². The van der Waals surface area contributed by atoms with E-state index in [1.54, 1.807) is 0 Å². The molecule has 34 heavy (non-hydrogen) atoms. The van der Waals surface area contributed by atoms with Crippen molar-refractivity contribution in [2.24, 2.45) is 0 Å². The number of benzene rings is 2. The molecule has 1 fully saturated rings. The molecule has 0 aromatic heterocycles. The van der Waals surface area contributed by atoms with Gasteiger partial charge in [-0.3, -0.25) is 15.0 Å². The number of ether oxygens (including phenoxy) is 1. The van der Waals surface area contributed by atoms with Crippen LogP contribution < -0.4 is 4.74 Å². The first kappa shape index (κ1) is 26.7. The summed E-state index contributed by atoms with van der Waals surface area (Å²) in [5.74, 6) is -2.81. The molecule has 0 amide bonds. The van der Waals surface area contributed by atoms with E-state index in [0.29, 0.717) is 26.2 Å². The van der Waals surface area contributed by atoms with Gasteiger partial charge in [0.1, 0.15) is 5.75 Å². The van der Waals surface area contributed by atoms with Crippen LogP contribution >= 0.6 is 0 Å². The fraction of sp³-hybridized carbons (Fsp3) is 0.333. The monoisotopic (exact) mass is 495 g/mol. The quantitative estimate of drug-likeness (QED) is 0.327. The van der Waals surface area contributed by atoms with Crippen LogP contribution in [-0.4, -0.2) is 77.5 Å². The molecular formula is C21H25N3O9S. The Bertz CT molecular complexity index is 1120. The van der Waals surface area contributed by atoms with Crippen LogP contribution in [0.3, 0.4) is 0 Å². The third-order valence-electron chi connectivity index (χ3n) is 4.86. The summed E-state index contributed by atoms with van der Waals surface area (Å²) in [5, 5.41) is 26.0. The van der Waals surface area contributed by atoms with Crippen molar-refractivity contribution >= 4 is 27.6 Å². The summed E-state index contributed by atoms with van der Waals surface area (Å²) in [5.41, 5.74) is 0.662. The largest absolute Gasteiger partial charge is 0.494 e. The number of carbonyl (C=O) groups is 2. The highest BCUT2D eigenvalue weighted by molar-refractivity contribution is 7.89. The maximum absolute atomic E-state index is 12.9.